The number of aromatic nitrogens is 3. The molecule has 0 bridgehead atoms. The van der Waals surface area contributed by atoms with Gasteiger partial charge in [-0.15, -0.1) is 0 Å². The van der Waals surface area contributed by atoms with Gasteiger partial charge in [0.2, 0.25) is 4.77 Å². The summed E-state index contributed by atoms with van der Waals surface area (Å²) in [5.41, 5.74) is 0.891. The zero-order valence-corrected chi connectivity index (χ0v) is 12.0. The molecule has 0 spiro atoms. The average Bonchev–Trinajstić information content (AvgIpc) is 2.66. The molecule has 0 N–H and O–H groups in total. The van der Waals surface area contributed by atoms with Crippen LogP contribution >= 0.6 is 12.2 Å². The van der Waals surface area contributed by atoms with E-state index in [4.69, 9.17) is 17.0 Å². The lowest BCUT2D eigenvalue weighted by molar-refractivity contribution is -0.0776. The predicted molar refractivity (Wildman–Crippen MR) is 75.6 cm³/mol. The second-order valence-corrected chi connectivity index (χ2v) is 5.51. The molecule has 102 valence electrons. The molecule has 1 fully saturated rings. The van der Waals surface area contributed by atoms with Gasteiger partial charge in [-0.05, 0) is 38.2 Å². The van der Waals surface area contributed by atoms with Crippen molar-refractivity contribution in [3.63, 3.8) is 0 Å². The minimum absolute atomic E-state index is 0.259. The van der Waals surface area contributed by atoms with Gasteiger partial charge in [0.25, 0.3) is 0 Å². The standard InChI is InChI=1S/C13H18N4OS/c1-10-7-15(8-11(2)18-10)9-17-13(19)16-6-4-3-5-12(16)14-17/h3-6,10-11H,7-9H2,1-2H3. The molecule has 6 heteroatoms. The highest BCUT2D eigenvalue weighted by atomic mass is 32.1. The van der Waals surface area contributed by atoms with E-state index in [1.807, 2.05) is 33.5 Å². The first-order valence-corrected chi connectivity index (χ1v) is 6.96. The Morgan fingerprint density at radius 3 is 2.74 bits per heavy atom. The highest BCUT2D eigenvalue weighted by Crippen LogP contribution is 2.12. The summed E-state index contributed by atoms with van der Waals surface area (Å²) in [6.07, 6.45) is 2.47. The molecule has 0 aromatic carbocycles. The number of rotatable bonds is 2. The summed E-state index contributed by atoms with van der Waals surface area (Å²) in [5.74, 6) is 0. The van der Waals surface area contributed by atoms with Gasteiger partial charge in [-0.3, -0.25) is 9.30 Å². The van der Waals surface area contributed by atoms with Gasteiger partial charge in [-0.2, -0.15) is 5.10 Å². The summed E-state index contributed by atoms with van der Waals surface area (Å²) in [7, 11) is 0. The molecule has 2 atom stereocenters. The molecule has 1 aliphatic rings. The Bertz CT molecular complexity index is 625. The van der Waals surface area contributed by atoms with Crippen molar-refractivity contribution in [2.75, 3.05) is 13.1 Å². The zero-order chi connectivity index (χ0) is 13.4. The van der Waals surface area contributed by atoms with Gasteiger partial charge in [0.05, 0.1) is 18.9 Å². The Morgan fingerprint density at radius 1 is 1.32 bits per heavy atom. The fraction of sp³-hybridized carbons (Fsp3) is 0.538. The number of nitrogens with zero attached hydrogens (tertiary/aromatic N) is 4. The summed E-state index contributed by atoms with van der Waals surface area (Å²) in [4.78, 5) is 2.33. The normalized spacial score (nSPS) is 24.9. The molecular formula is C13H18N4OS. The van der Waals surface area contributed by atoms with Gasteiger partial charge in [-0.25, -0.2) is 4.68 Å². The Morgan fingerprint density at radius 2 is 2.05 bits per heavy atom. The Labute approximate surface area is 117 Å². The van der Waals surface area contributed by atoms with Crippen molar-refractivity contribution in [3.05, 3.63) is 29.2 Å². The minimum Gasteiger partial charge on any atom is -0.373 e. The number of pyridine rings is 1. The van der Waals surface area contributed by atoms with E-state index in [2.05, 4.69) is 23.8 Å². The largest absolute Gasteiger partial charge is 0.373 e. The van der Waals surface area contributed by atoms with Crippen LogP contribution in [0, 0.1) is 4.77 Å². The first-order valence-electron chi connectivity index (χ1n) is 6.55. The van der Waals surface area contributed by atoms with Gasteiger partial charge < -0.3 is 4.74 Å². The van der Waals surface area contributed by atoms with Crippen LogP contribution in [0.4, 0.5) is 0 Å². The van der Waals surface area contributed by atoms with Crippen LogP contribution in [-0.2, 0) is 11.4 Å². The fourth-order valence-corrected chi connectivity index (χ4v) is 2.90. The number of hydrogen-bond acceptors (Lipinski definition) is 4. The molecule has 1 saturated heterocycles. The van der Waals surface area contributed by atoms with Crippen molar-refractivity contribution in [2.24, 2.45) is 0 Å². The molecule has 0 saturated carbocycles. The topological polar surface area (TPSA) is 34.7 Å². The van der Waals surface area contributed by atoms with Crippen LogP contribution in [0.5, 0.6) is 0 Å². The van der Waals surface area contributed by atoms with Crippen molar-refractivity contribution in [1.82, 2.24) is 19.1 Å². The molecule has 0 amide bonds. The molecule has 2 aromatic heterocycles. The maximum Gasteiger partial charge on any atom is 0.203 e. The number of morpholine rings is 1. The predicted octanol–water partition coefficient (Wildman–Crippen LogP) is 1.93. The van der Waals surface area contributed by atoms with Gasteiger partial charge in [0, 0.05) is 19.3 Å². The van der Waals surface area contributed by atoms with Crippen LogP contribution in [0.15, 0.2) is 24.4 Å². The third kappa shape index (κ3) is 2.56. The monoisotopic (exact) mass is 278 g/mol. The van der Waals surface area contributed by atoms with E-state index in [9.17, 15) is 0 Å². The quantitative estimate of drug-likeness (QED) is 0.786. The van der Waals surface area contributed by atoms with E-state index < -0.39 is 0 Å². The van der Waals surface area contributed by atoms with Crippen molar-refractivity contribution in [1.29, 1.82) is 0 Å². The van der Waals surface area contributed by atoms with E-state index in [-0.39, 0.29) is 12.2 Å². The van der Waals surface area contributed by atoms with E-state index in [0.717, 1.165) is 30.2 Å². The van der Waals surface area contributed by atoms with Gasteiger partial charge in [0.15, 0.2) is 5.65 Å². The summed E-state index contributed by atoms with van der Waals surface area (Å²) < 4.78 is 10.3. The second-order valence-electron chi connectivity index (χ2n) is 5.15. The zero-order valence-electron chi connectivity index (χ0n) is 11.2. The summed E-state index contributed by atoms with van der Waals surface area (Å²) in [5, 5.41) is 4.55. The number of ether oxygens (including phenoxy) is 1. The summed E-state index contributed by atoms with van der Waals surface area (Å²) in [6.45, 7) is 6.76. The van der Waals surface area contributed by atoms with E-state index >= 15 is 0 Å². The average molecular weight is 278 g/mol. The molecule has 0 aliphatic carbocycles. The molecule has 2 unspecified atom stereocenters. The Hall–Kier alpha value is -1.24. The third-order valence-electron chi connectivity index (χ3n) is 3.32. The lowest BCUT2D eigenvalue weighted by Crippen LogP contribution is -2.46. The molecule has 0 radical (unpaired) electrons. The smallest absolute Gasteiger partial charge is 0.203 e. The first kappa shape index (κ1) is 12.8. The first-order chi connectivity index (χ1) is 9.13. The Balaban J connectivity index is 1.85. The molecule has 3 rings (SSSR count). The third-order valence-corrected chi connectivity index (χ3v) is 3.73. The number of hydrogen-bond donors (Lipinski definition) is 0. The maximum atomic E-state index is 5.74. The second kappa shape index (κ2) is 5.03. The van der Waals surface area contributed by atoms with Crippen LogP contribution < -0.4 is 0 Å². The highest BCUT2D eigenvalue weighted by molar-refractivity contribution is 7.71. The van der Waals surface area contributed by atoms with E-state index in [1.165, 1.54) is 0 Å². The van der Waals surface area contributed by atoms with Crippen molar-refractivity contribution in [2.45, 2.75) is 32.7 Å². The van der Waals surface area contributed by atoms with Crippen LogP contribution in [0.2, 0.25) is 0 Å². The van der Waals surface area contributed by atoms with Crippen LogP contribution in [0.25, 0.3) is 5.65 Å². The Kier molecular flexibility index (Phi) is 3.38. The lowest BCUT2D eigenvalue weighted by atomic mass is 10.2. The highest BCUT2D eigenvalue weighted by Gasteiger charge is 2.22. The van der Waals surface area contributed by atoms with Gasteiger partial charge in [0.1, 0.15) is 0 Å². The maximum absolute atomic E-state index is 5.74. The van der Waals surface area contributed by atoms with Crippen LogP contribution in [0.3, 0.4) is 0 Å². The number of fused-ring (bicyclic) bond motifs is 1. The van der Waals surface area contributed by atoms with Crippen molar-refractivity contribution in [3.8, 4) is 0 Å². The molecule has 5 nitrogen and oxygen atoms in total. The fourth-order valence-electron chi connectivity index (χ4n) is 2.65. The van der Waals surface area contributed by atoms with Crippen LogP contribution in [-0.4, -0.2) is 44.4 Å². The van der Waals surface area contributed by atoms with E-state index in [1.54, 1.807) is 0 Å². The van der Waals surface area contributed by atoms with E-state index in [0.29, 0.717) is 0 Å². The van der Waals surface area contributed by atoms with Crippen molar-refractivity contribution < 1.29 is 4.74 Å². The molecule has 2 aromatic rings. The summed E-state index contributed by atoms with van der Waals surface area (Å²) in [6, 6.07) is 5.91. The minimum atomic E-state index is 0.259. The molecule has 19 heavy (non-hydrogen) atoms. The van der Waals surface area contributed by atoms with Gasteiger partial charge in [-0.1, -0.05) is 6.07 Å². The van der Waals surface area contributed by atoms with Crippen LogP contribution in [0.1, 0.15) is 13.8 Å². The molecular weight excluding hydrogens is 260 g/mol. The molecule has 3 heterocycles. The summed E-state index contributed by atoms with van der Waals surface area (Å²) >= 11 is 5.46. The van der Waals surface area contributed by atoms with Crippen molar-refractivity contribution >= 4 is 17.9 Å². The lowest BCUT2D eigenvalue weighted by Gasteiger charge is -2.34. The SMILES string of the molecule is CC1CN(Cn2nc3ccccn3c2=S)CC(C)O1. The molecule has 1 aliphatic heterocycles. The van der Waals surface area contributed by atoms with Gasteiger partial charge >= 0.3 is 0 Å².